The molecule has 1 aromatic heterocycles. The van der Waals surface area contributed by atoms with Crippen molar-refractivity contribution in [1.29, 1.82) is 0 Å². The van der Waals surface area contributed by atoms with Crippen molar-refractivity contribution in [2.45, 2.75) is 0 Å². The summed E-state index contributed by atoms with van der Waals surface area (Å²) >= 11 is 3.32. The molecule has 7 heteroatoms. The Morgan fingerprint density at radius 2 is 2.00 bits per heavy atom. The van der Waals surface area contributed by atoms with Gasteiger partial charge in [-0.2, -0.15) is 5.10 Å². The number of nitrogens with zero attached hydrogens (tertiary/aromatic N) is 2. The third-order valence-corrected chi connectivity index (χ3v) is 3.73. The predicted molar refractivity (Wildman–Crippen MR) is 91.8 cm³/mol. The Kier molecular flexibility index (Phi) is 4.61. The van der Waals surface area contributed by atoms with Gasteiger partial charge in [0.05, 0.1) is 11.9 Å². The van der Waals surface area contributed by atoms with E-state index >= 15 is 0 Å². The van der Waals surface area contributed by atoms with Crippen molar-refractivity contribution in [3.05, 3.63) is 70.7 Å². The Morgan fingerprint density at radius 1 is 1.25 bits per heavy atom. The summed E-state index contributed by atoms with van der Waals surface area (Å²) in [5, 5.41) is 6.60. The molecule has 0 saturated heterocycles. The van der Waals surface area contributed by atoms with Crippen LogP contribution in [-0.4, -0.2) is 15.7 Å². The van der Waals surface area contributed by atoms with Crippen LogP contribution in [0.1, 0.15) is 10.4 Å². The van der Waals surface area contributed by atoms with E-state index in [2.05, 4.69) is 26.3 Å². The molecule has 24 heavy (non-hydrogen) atoms. The highest BCUT2D eigenvalue weighted by Gasteiger charge is 2.12. The maximum absolute atomic E-state index is 14.2. The number of anilines is 1. The van der Waals surface area contributed by atoms with E-state index in [1.807, 2.05) is 0 Å². The average molecular weight is 390 g/mol. The van der Waals surface area contributed by atoms with E-state index in [-0.39, 0.29) is 11.3 Å². The number of ether oxygens (including phenoxy) is 1. The predicted octanol–water partition coefficient (Wildman–Crippen LogP) is 4.37. The Hall–Kier alpha value is -2.67. The van der Waals surface area contributed by atoms with Crippen molar-refractivity contribution in [3.8, 4) is 11.5 Å². The van der Waals surface area contributed by atoms with Crippen molar-refractivity contribution in [3.63, 3.8) is 0 Å². The van der Waals surface area contributed by atoms with Gasteiger partial charge in [0, 0.05) is 23.3 Å². The summed E-state index contributed by atoms with van der Waals surface area (Å²) in [6.45, 7) is 0. The molecule has 0 radical (unpaired) electrons. The zero-order valence-corrected chi connectivity index (χ0v) is 14.2. The molecule has 0 aliphatic carbocycles. The van der Waals surface area contributed by atoms with Gasteiger partial charge in [-0.25, -0.2) is 4.39 Å². The fourth-order valence-corrected chi connectivity index (χ4v) is 2.31. The Labute approximate surface area is 146 Å². The minimum atomic E-state index is -0.614. The second kappa shape index (κ2) is 6.84. The van der Waals surface area contributed by atoms with Crippen LogP contribution in [-0.2, 0) is 7.05 Å². The molecule has 1 amide bonds. The average Bonchev–Trinajstić information content (AvgIpc) is 2.96. The van der Waals surface area contributed by atoms with Crippen LogP contribution < -0.4 is 10.1 Å². The zero-order valence-electron chi connectivity index (χ0n) is 12.7. The molecule has 0 spiro atoms. The van der Waals surface area contributed by atoms with E-state index in [0.29, 0.717) is 11.4 Å². The van der Waals surface area contributed by atoms with E-state index in [1.54, 1.807) is 42.2 Å². The highest BCUT2D eigenvalue weighted by atomic mass is 79.9. The molecule has 0 atom stereocenters. The lowest BCUT2D eigenvalue weighted by Crippen LogP contribution is -2.11. The Morgan fingerprint density at radius 3 is 2.62 bits per heavy atom. The molecule has 0 saturated carbocycles. The summed E-state index contributed by atoms with van der Waals surface area (Å²) in [6, 6.07) is 11.1. The molecule has 1 heterocycles. The first-order valence-corrected chi connectivity index (χ1v) is 7.83. The summed E-state index contributed by atoms with van der Waals surface area (Å²) < 4.78 is 22.1. The van der Waals surface area contributed by atoms with Crippen LogP contribution in [0, 0.1) is 5.82 Å². The Balaban J connectivity index is 1.74. The molecule has 2 aromatic carbocycles. The van der Waals surface area contributed by atoms with Crippen LogP contribution in [0.25, 0.3) is 0 Å². The second-order valence-electron chi connectivity index (χ2n) is 5.06. The highest BCUT2D eigenvalue weighted by molar-refractivity contribution is 9.10. The SMILES string of the molecule is Cn1cc(NC(=O)c2ccc(Oc3ccc(Br)cc3)c(F)c2)cn1. The standard InChI is InChI=1S/C17H13BrFN3O2/c1-22-10-13(9-20-22)21-17(23)11-2-7-16(15(19)8-11)24-14-5-3-12(18)4-6-14/h2-10H,1H3,(H,21,23). The van der Waals surface area contributed by atoms with E-state index in [4.69, 9.17) is 4.74 Å². The van der Waals surface area contributed by atoms with Gasteiger partial charge in [-0.3, -0.25) is 9.48 Å². The van der Waals surface area contributed by atoms with Gasteiger partial charge in [-0.15, -0.1) is 0 Å². The highest BCUT2D eigenvalue weighted by Crippen LogP contribution is 2.26. The molecular weight excluding hydrogens is 377 g/mol. The number of hydrogen-bond donors (Lipinski definition) is 1. The molecule has 0 bridgehead atoms. The number of nitrogens with one attached hydrogen (secondary N) is 1. The number of carbonyl (C=O) groups excluding carboxylic acids is 1. The topological polar surface area (TPSA) is 56.2 Å². The second-order valence-corrected chi connectivity index (χ2v) is 5.97. The fraction of sp³-hybridized carbons (Fsp3) is 0.0588. The largest absolute Gasteiger partial charge is 0.454 e. The van der Waals surface area contributed by atoms with Crippen LogP contribution in [0.4, 0.5) is 10.1 Å². The quantitative estimate of drug-likeness (QED) is 0.720. The first-order chi connectivity index (χ1) is 11.5. The van der Waals surface area contributed by atoms with Gasteiger partial charge in [0.15, 0.2) is 11.6 Å². The van der Waals surface area contributed by atoms with Gasteiger partial charge in [-0.05, 0) is 42.5 Å². The van der Waals surface area contributed by atoms with Gasteiger partial charge in [0.2, 0.25) is 0 Å². The molecule has 1 N–H and O–H groups in total. The van der Waals surface area contributed by atoms with Gasteiger partial charge < -0.3 is 10.1 Å². The third kappa shape index (κ3) is 3.80. The lowest BCUT2D eigenvalue weighted by atomic mass is 10.2. The number of halogens is 2. The third-order valence-electron chi connectivity index (χ3n) is 3.20. The summed E-state index contributed by atoms with van der Waals surface area (Å²) in [7, 11) is 1.74. The van der Waals surface area contributed by atoms with E-state index in [0.717, 1.165) is 10.5 Å². The maximum atomic E-state index is 14.2. The Bertz CT molecular complexity index is 878. The minimum Gasteiger partial charge on any atom is -0.454 e. The van der Waals surface area contributed by atoms with Gasteiger partial charge in [0.1, 0.15) is 5.75 Å². The van der Waals surface area contributed by atoms with Gasteiger partial charge in [0.25, 0.3) is 5.91 Å². The van der Waals surface area contributed by atoms with Crippen LogP contribution in [0.5, 0.6) is 11.5 Å². The van der Waals surface area contributed by atoms with Crippen molar-refractivity contribution >= 4 is 27.5 Å². The summed E-state index contributed by atoms with van der Waals surface area (Å²) in [6.07, 6.45) is 3.17. The zero-order chi connectivity index (χ0) is 17.1. The molecule has 5 nitrogen and oxygen atoms in total. The molecule has 0 fully saturated rings. The van der Waals surface area contributed by atoms with E-state index in [1.165, 1.54) is 18.3 Å². The molecular formula is C17H13BrFN3O2. The smallest absolute Gasteiger partial charge is 0.255 e. The molecule has 3 aromatic rings. The lowest BCUT2D eigenvalue weighted by Gasteiger charge is -2.08. The summed E-state index contributed by atoms with van der Waals surface area (Å²) in [5.74, 6) is -0.478. The lowest BCUT2D eigenvalue weighted by molar-refractivity contribution is 0.102. The number of aryl methyl sites for hydroxylation is 1. The number of hydrogen-bond acceptors (Lipinski definition) is 3. The van der Waals surface area contributed by atoms with Gasteiger partial charge >= 0.3 is 0 Å². The first kappa shape index (κ1) is 16.2. The van der Waals surface area contributed by atoms with Crippen LogP contribution in [0.3, 0.4) is 0 Å². The van der Waals surface area contributed by atoms with Gasteiger partial charge in [-0.1, -0.05) is 15.9 Å². The van der Waals surface area contributed by atoms with Crippen LogP contribution >= 0.6 is 15.9 Å². The van der Waals surface area contributed by atoms with Crippen LogP contribution in [0.2, 0.25) is 0 Å². The number of rotatable bonds is 4. The fourth-order valence-electron chi connectivity index (χ4n) is 2.04. The molecule has 0 aliphatic rings. The minimum absolute atomic E-state index is 0.0512. The normalized spacial score (nSPS) is 10.5. The maximum Gasteiger partial charge on any atom is 0.255 e. The molecule has 0 aliphatic heterocycles. The van der Waals surface area contributed by atoms with Crippen molar-refractivity contribution < 1.29 is 13.9 Å². The monoisotopic (exact) mass is 389 g/mol. The molecule has 122 valence electrons. The number of aromatic nitrogens is 2. The number of benzene rings is 2. The molecule has 0 unspecified atom stereocenters. The summed E-state index contributed by atoms with van der Waals surface area (Å²) in [5.41, 5.74) is 0.734. The molecule has 3 rings (SSSR count). The first-order valence-electron chi connectivity index (χ1n) is 7.04. The van der Waals surface area contributed by atoms with Crippen LogP contribution in [0.15, 0.2) is 59.3 Å². The number of amides is 1. The van der Waals surface area contributed by atoms with Crippen molar-refractivity contribution in [2.24, 2.45) is 7.05 Å². The van der Waals surface area contributed by atoms with E-state index in [9.17, 15) is 9.18 Å². The van der Waals surface area contributed by atoms with E-state index < -0.39 is 11.7 Å². The summed E-state index contributed by atoms with van der Waals surface area (Å²) in [4.78, 5) is 12.1. The number of carbonyl (C=O) groups is 1. The van der Waals surface area contributed by atoms with Crippen molar-refractivity contribution in [2.75, 3.05) is 5.32 Å². The van der Waals surface area contributed by atoms with Crippen molar-refractivity contribution in [1.82, 2.24) is 9.78 Å².